The molecule has 2 aromatic rings. The number of fused-ring (bicyclic) bond motifs is 1. The molecule has 2 heterocycles. The lowest BCUT2D eigenvalue weighted by molar-refractivity contribution is 0.791. The Hall–Kier alpha value is -1.91. The molecule has 0 aliphatic rings. The molecule has 0 unspecified atom stereocenters. The van der Waals surface area contributed by atoms with Crippen molar-refractivity contribution in [3.8, 4) is 0 Å². The van der Waals surface area contributed by atoms with E-state index < -0.39 is 5.69 Å². The second kappa shape index (κ2) is 3.05. The molecule has 2 aromatic heterocycles. The van der Waals surface area contributed by atoms with E-state index in [0.717, 1.165) is 10.3 Å². The van der Waals surface area contributed by atoms with Crippen LogP contribution < -0.4 is 11.2 Å². The zero-order chi connectivity index (χ0) is 11.2. The molecule has 0 spiro atoms. The Morgan fingerprint density at radius 1 is 1.33 bits per heavy atom. The molecular formula is C10H11N3O2. The molecule has 5 heteroatoms. The Morgan fingerprint density at radius 2 is 2.00 bits per heavy atom. The average Bonchev–Trinajstić information content (AvgIpc) is 2.13. The molecule has 0 atom stereocenters. The van der Waals surface area contributed by atoms with Crippen LogP contribution in [0.5, 0.6) is 0 Å². The van der Waals surface area contributed by atoms with Crippen molar-refractivity contribution in [2.75, 3.05) is 0 Å². The van der Waals surface area contributed by atoms with Crippen molar-refractivity contribution < 1.29 is 0 Å². The second-order valence-electron chi connectivity index (χ2n) is 3.57. The monoisotopic (exact) mass is 205 g/mol. The van der Waals surface area contributed by atoms with Gasteiger partial charge in [-0.05, 0) is 19.9 Å². The highest BCUT2D eigenvalue weighted by molar-refractivity contribution is 5.79. The smallest absolute Gasteiger partial charge is 0.307 e. The first-order valence-electron chi connectivity index (χ1n) is 4.58. The normalized spacial score (nSPS) is 10.9. The van der Waals surface area contributed by atoms with Crippen molar-refractivity contribution in [3.05, 3.63) is 38.3 Å². The van der Waals surface area contributed by atoms with Crippen molar-refractivity contribution in [2.24, 2.45) is 7.05 Å². The SMILES string of the molecule is Cc1cc2[nH]c(=O)n(C)c(=O)c2c(C)n1. The Labute approximate surface area is 85.4 Å². The Kier molecular flexibility index (Phi) is 1.96. The van der Waals surface area contributed by atoms with E-state index in [1.54, 1.807) is 13.0 Å². The van der Waals surface area contributed by atoms with Crippen molar-refractivity contribution in [2.45, 2.75) is 13.8 Å². The summed E-state index contributed by atoms with van der Waals surface area (Å²) in [5.41, 5.74) is 1.26. The molecule has 0 saturated heterocycles. The summed E-state index contributed by atoms with van der Waals surface area (Å²) in [6.07, 6.45) is 0. The van der Waals surface area contributed by atoms with Crippen molar-refractivity contribution in [1.29, 1.82) is 0 Å². The molecule has 0 radical (unpaired) electrons. The van der Waals surface area contributed by atoms with Gasteiger partial charge in [-0.25, -0.2) is 4.79 Å². The van der Waals surface area contributed by atoms with Crippen LogP contribution in [-0.2, 0) is 7.05 Å². The first-order valence-corrected chi connectivity index (χ1v) is 4.58. The molecule has 15 heavy (non-hydrogen) atoms. The Morgan fingerprint density at radius 3 is 2.67 bits per heavy atom. The van der Waals surface area contributed by atoms with Crippen LogP contribution in [0.2, 0.25) is 0 Å². The summed E-state index contributed by atoms with van der Waals surface area (Å²) in [6.45, 7) is 3.58. The lowest BCUT2D eigenvalue weighted by Crippen LogP contribution is -2.32. The topological polar surface area (TPSA) is 67.8 Å². The fourth-order valence-electron chi connectivity index (χ4n) is 1.66. The molecule has 0 fully saturated rings. The molecule has 0 aromatic carbocycles. The quantitative estimate of drug-likeness (QED) is 0.669. The summed E-state index contributed by atoms with van der Waals surface area (Å²) in [6, 6.07) is 1.70. The molecule has 0 aliphatic carbocycles. The van der Waals surface area contributed by atoms with E-state index in [9.17, 15) is 9.59 Å². The number of pyridine rings is 1. The van der Waals surface area contributed by atoms with Gasteiger partial charge in [-0.3, -0.25) is 14.3 Å². The van der Waals surface area contributed by atoms with Crippen LogP contribution in [0.1, 0.15) is 11.4 Å². The highest BCUT2D eigenvalue weighted by Gasteiger charge is 2.08. The third kappa shape index (κ3) is 1.36. The zero-order valence-electron chi connectivity index (χ0n) is 8.79. The third-order valence-electron chi connectivity index (χ3n) is 2.39. The van der Waals surface area contributed by atoms with E-state index >= 15 is 0 Å². The highest BCUT2D eigenvalue weighted by atomic mass is 16.2. The first-order chi connectivity index (χ1) is 7.00. The summed E-state index contributed by atoms with van der Waals surface area (Å²) in [4.78, 5) is 30.0. The first kappa shape index (κ1) is 9.64. The number of H-pyrrole nitrogens is 1. The zero-order valence-corrected chi connectivity index (χ0v) is 8.79. The van der Waals surface area contributed by atoms with E-state index in [4.69, 9.17) is 0 Å². The fourth-order valence-corrected chi connectivity index (χ4v) is 1.66. The van der Waals surface area contributed by atoms with E-state index in [1.165, 1.54) is 7.05 Å². The standard InChI is InChI=1S/C10H11N3O2/c1-5-4-7-8(6(2)11-5)9(14)13(3)10(15)12-7/h4H,1-3H3,(H,12,15). The van der Waals surface area contributed by atoms with Gasteiger partial charge in [0.1, 0.15) is 0 Å². The average molecular weight is 205 g/mol. The van der Waals surface area contributed by atoms with Gasteiger partial charge in [0, 0.05) is 12.7 Å². The molecule has 78 valence electrons. The minimum atomic E-state index is -0.405. The predicted molar refractivity (Wildman–Crippen MR) is 57.1 cm³/mol. The summed E-state index contributed by atoms with van der Waals surface area (Å²) in [5.74, 6) is 0. The number of hydrogen-bond acceptors (Lipinski definition) is 3. The van der Waals surface area contributed by atoms with Crippen LogP contribution in [0.4, 0.5) is 0 Å². The van der Waals surface area contributed by atoms with Gasteiger partial charge in [0.2, 0.25) is 0 Å². The maximum absolute atomic E-state index is 11.8. The van der Waals surface area contributed by atoms with E-state index in [2.05, 4.69) is 9.97 Å². The van der Waals surface area contributed by atoms with Crippen LogP contribution in [0, 0.1) is 13.8 Å². The van der Waals surface area contributed by atoms with Gasteiger partial charge < -0.3 is 4.98 Å². The lowest BCUT2D eigenvalue weighted by atomic mass is 10.2. The van der Waals surface area contributed by atoms with Gasteiger partial charge in [-0.15, -0.1) is 0 Å². The summed E-state index contributed by atoms with van der Waals surface area (Å²) in [5, 5.41) is 0.475. The van der Waals surface area contributed by atoms with E-state index in [-0.39, 0.29) is 5.56 Å². The van der Waals surface area contributed by atoms with Crippen LogP contribution in [0.3, 0.4) is 0 Å². The highest BCUT2D eigenvalue weighted by Crippen LogP contribution is 2.09. The van der Waals surface area contributed by atoms with Crippen molar-refractivity contribution in [1.82, 2.24) is 14.5 Å². The van der Waals surface area contributed by atoms with Crippen molar-refractivity contribution >= 4 is 10.9 Å². The molecule has 1 N–H and O–H groups in total. The third-order valence-corrected chi connectivity index (χ3v) is 2.39. The molecule has 0 amide bonds. The number of nitrogens with one attached hydrogen (secondary N) is 1. The largest absolute Gasteiger partial charge is 0.328 e. The molecule has 0 aliphatic heterocycles. The van der Waals surface area contributed by atoms with Gasteiger partial charge in [-0.2, -0.15) is 0 Å². The number of hydrogen-bond donors (Lipinski definition) is 1. The summed E-state index contributed by atoms with van der Waals surface area (Å²) < 4.78 is 1.05. The van der Waals surface area contributed by atoms with E-state index in [1.807, 2.05) is 6.92 Å². The van der Waals surface area contributed by atoms with Crippen LogP contribution >= 0.6 is 0 Å². The fraction of sp³-hybridized carbons (Fsp3) is 0.300. The number of aromatic nitrogens is 3. The Bertz CT molecular complexity index is 652. The minimum absolute atomic E-state index is 0.307. The second-order valence-corrected chi connectivity index (χ2v) is 3.57. The van der Waals surface area contributed by atoms with Crippen LogP contribution in [0.15, 0.2) is 15.7 Å². The maximum Gasteiger partial charge on any atom is 0.328 e. The van der Waals surface area contributed by atoms with E-state index in [0.29, 0.717) is 16.6 Å². The van der Waals surface area contributed by atoms with Crippen LogP contribution in [0.25, 0.3) is 10.9 Å². The minimum Gasteiger partial charge on any atom is -0.307 e. The maximum atomic E-state index is 11.8. The van der Waals surface area contributed by atoms with Crippen molar-refractivity contribution in [3.63, 3.8) is 0 Å². The summed E-state index contributed by atoms with van der Waals surface area (Å²) in [7, 11) is 1.44. The van der Waals surface area contributed by atoms with Gasteiger partial charge in [0.15, 0.2) is 0 Å². The predicted octanol–water partition coefficient (Wildman–Crippen LogP) is 0.239. The molecule has 0 saturated carbocycles. The number of aromatic amines is 1. The number of nitrogens with zero attached hydrogens (tertiary/aromatic N) is 2. The van der Waals surface area contributed by atoms with Gasteiger partial charge >= 0.3 is 5.69 Å². The van der Waals surface area contributed by atoms with Crippen LogP contribution in [-0.4, -0.2) is 14.5 Å². The Balaban J connectivity index is 3.13. The number of aryl methyl sites for hydroxylation is 2. The number of rotatable bonds is 0. The molecule has 2 rings (SSSR count). The molecule has 5 nitrogen and oxygen atoms in total. The van der Waals surface area contributed by atoms with Gasteiger partial charge in [-0.1, -0.05) is 0 Å². The van der Waals surface area contributed by atoms with Gasteiger partial charge in [0.25, 0.3) is 5.56 Å². The molecular weight excluding hydrogens is 194 g/mol. The molecule has 0 bridgehead atoms. The summed E-state index contributed by atoms with van der Waals surface area (Å²) >= 11 is 0. The lowest BCUT2D eigenvalue weighted by Gasteiger charge is -2.04. The van der Waals surface area contributed by atoms with Gasteiger partial charge in [0.05, 0.1) is 16.6 Å².